The van der Waals surface area contributed by atoms with Crippen LogP contribution in [0.25, 0.3) is 0 Å². The summed E-state index contributed by atoms with van der Waals surface area (Å²) in [4.78, 5) is 8.65. The van der Waals surface area contributed by atoms with Gasteiger partial charge in [0.25, 0.3) is 0 Å². The fraction of sp³-hybridized carbons (Fsp3) is 0.692. The molecule has 0 aromatic carbocycles. The number of aromatic nitrogens is 2. The SMILES string of the molecule is Cc1nc(NN)c(C)c(NC(CCO)C(C)(C)C)n1. The average Bonchev–Trinajstić information content (AvgIpc) is 2.31. The third-order valence-corrected chi connectivity index (χ3v) is 3.17. The van der Waals surface area contributed by atoms with Gasteiger partial charge < -0.3 is 15.8 Å². The van der Waals surface area contributed by atoms with Gasteiger partial charge in [0.2, 0.25) is 0 Å². The Balaban J connectivity index is 3.06. The largest absolute Gasteiger partial charge is 0.396 e. The zero-order valence-electron chi connectivity index (χ0n) is 12.4. The van der Waals surface area contributed by atoms with Gasteiger partial charge in [0.05, 0.1) is 0 Å². The van der Waals surface area contributed by atoms with Crippen LogP contribution in [-0.2, 0) is 0 Å². The Kier molecular flexibility index (Phi) is 5.08. The number of hydrazine groups is 1. The second-order valence-electron chi connectivity index (χ2n) is 5.81. The fourth-order valence-corrected chi connectivity index (χ4v) is 1.93. The number of anilines is 2. The first-order valence-corrected chi connectivity index (χ1v) is 6.48. The number of nitrogens with zero attached hydrogens (tertiary/aromatic N) is 2. The maximum Gasteiger partial charge on any atom is 0.148 e. The average molecular weight is 267 g/mol. The molecular weight excluding hydrogens is 242 g/mol. The summed E-state index contributed by atoms with van der Waals surface area (Å²) in [6.45, 7) is 10.3. The van der Waals surface area contributed by atoms with Crippen LogP contribution in [0, 0.1) is 19.3 Å². The summed E-state index contributed by atoms with van der Waals surface area (Å²) in [5.41, 5.74) is 3.47. The Bertz CT molecular complexity index is 428. The van der Waals surface area contributed by atoms with Crippen molar-refractivity contribution in [1.29, 1.82) is 0 Å². The number of hydrogen-bond acceptors (Lipinski definition) is 6. The highest BCUT2D eigenvalue weighted by Gasteiger charge is 2.25. The summed E-state index contributed by atoms with van der Waals surface area (Å²) in [5.74, 6) is 7.48. The third-order valence-electron chi connectivity index (χ3n) is 3.17. The Hall–Kier alpha value is -1.40. The van der Waals surface area contributed by atoms with E-state index in [1.807, 2.05) is 13.8 Å². The zero-order valence-corrected chi connectivity index (χ0v) is 12.4. The quantitative estimate of drug-likeness (QED) is 0.478. The number of nitrogen functional groups attached to an aromatic ring is 1. The maximum absolute atomic E-state index is 9.20. The van der Waals surface area contributed by atoms with Crippen LogP contribution in [0.3, 0.4) is 0 Å². The first kappa shape index (κ1) is 15.7. The number of aryl methyl sites for hydroxylation is 1. The van der Waals surface area contributed by atoms with E-state index in [4.69, 9.17) is 5.84 Å². The molecule has 1 aromatic rings. The molecule has 1 atom stereocenters. The van der Waals surface area contributed by atoms with Crippen LogP contribution in [0.5, 0.6) is 0 Å². The lowest BCUT2D eigenvalue weighted by molar-refractivity contribution is 0.235. The van der Waals surface area contributed by atoms with Crippen LogP contribution in [0.15, 0.2) is 0 Å². The van der Waals surface area contributed by atoms with Gasteiger partial charge in [0.1, 0.15) is 17.5 Å². The molecule has 108 valence electrons. The summed E-state index contributed by atoms with van der Waals surface area (Å²) in [6.07, 6.45) is 0.664. The molecule has 6 nitrogen and oxygen atoms in total. The molecule has 0 aliphatic rings. The lowest BCUT2D eigenvalue weighted by Crippen LogP contribution is -2.35. The van der Waals surface area contributed by atoms with Crippen LogP contribution in [-0.4, -0.2) is 27.7 Å². The standard InChI is InChI=1S/C13H25N5O/c1-8-11(15-9(2)16-12(8)18-14)17-10(6-7-19)13(3,4)5/h10,19H,6-7,14H2,1-5H3,(H2,15,16,17,18). The zero-order chi connectivity index (χ0) is 14.6. The number of aliphatic hydroxyl groups is 1. The third kappa shape index (κ3) is 4.04. The number of hydrogen-bond donors (Lipinski definition) is 4. The molecular formula is C13H25N5O. The normalized spacial score (nSPS) is 13.2. The van der Waals surface area contributed by atoms with Gasteiger partial charge in [-0.05, 0) is 25.7 Å². The Morgan fingerprint density at radius 1 is 1.21 bits per heavy atom. The van der Waals surface area contributed by atoms with Crippen molar-refractivity contribution in [2.24, 2.45) is 11.3 Å². The molecule has 0 bridgehead atoms. The van der Waals surface area contributed by atoms with E-state index in [-0.39, 0.29) is 18.1 Å². The van der Waals surface area contributed by atoms with Gasteiger partial charge in [-0.25, -0.2) is 15.8 Å². The van der Waals surface area contributed by atoms with E-state index in [1.54, 1.807) is 0 Å². The van der Waals surface area contributed by atoms with Gasteiger partial charge in [-0.15, -0.1) is 0 Å². The Labute approximate surface area is 114 Å². The molecule has 0 fully saturated rings. The number of rotatable bonds is 5. The molecule has 0 aliphatic heterocycles. The molecule has 1 heterocycles. The van der Waals surface area contributed by atoms with E-state index in [0.717, 1.165) is 11.4 Å². The predicted octanol–water partition coefficient (Wildman–Crippen LogP) is 1.59. The van der Waals surface area contributed by atoms with Crippen molar-refractivity contribution in [2.45, 2.75) is 47.1 Å². The minimum Gasteiger partial charge on any atom is -0.396 e. The molecule has 0 aliphatic carbocycles. The predicted molar refractivity (Wildman–Crippen MR) is 77.9 cm³/mol. The smallest absolute Gasteiger partial charge is 0.148 e. The van der Waals surface area contributed by atoms with Crippen molar-refractivity contribution in [3.8, 4) is 0 Å². The molecule has 19 heavy (non-hydrogen) atoms. The van der Waals surface area contributed by atoms with Gasteiger partial charge in [0, 0.05) is 18.2 Å². The molecule has 1 aromatic heterocycles. The second-order valence-corrected chi connectivity index (χ2v) is 5.81. The monoisotopic (exact) mass is 267 g/mol. The fourth-order valence-electron chi connectivity index (χ4n) is 1.93. The number of aliphatic hydroxyl groups excluding tert-OH is 1. The van der Waals surface area contributed by atoms with Crippen LogP contribution >= 0.6 is 0 Å². The molecule has 0 saturated heterocycles. The minimum atomic E-state index is 0.0182. The summed E-state index contributed by atoms with van der Waals surface area (Å²) in [5, 5.41) is 12.6. The van der Waals surface area contributed by atoms with E-state index in [1.165, 1.54) is 0 Å². The van der Waals surface area contributed by atoms with Gasteiger partial charge in [-0.1, -0.05) is 20.8 Å². The summed E-state index contributed by atoms with van der Waals surface area (Å²) >= 11 is 0. The molecule has 0 radical (unpaired) electrons. The van der Waals surface area contributed by atoms with Crippen LogP contribution < -0.4 is 16.6 Å². The highest BCUT2D eigenvalue weighted by atomic mass is 16.3. The van der Waals surface area contributed by atoms with Crippen molar-refractivity contribution < 1.29 is 5.11 Å². The first-order chi connectivity index (χ1) is 8.79. The second kappa shape index (κ2) is 6.16. The first-order valence-electron chi connectivity index (χ1n) is 6.48. The molecule has 0 spiro atoms. The van der Waals surface area contributed by atoms with Gasteiger partial charge in [-0.3, -0.25) is 0 Å². The minimum absolute atomic E-state index is 0.0182. The topological polar surface area (TPSA) is 96.1 Å². The summed E-state index contributed by atoms with van der Waals surface area (Å²) < 4.78 is 0. The molecule has 1 unspecified atom stereocenters. The van der Waals surface area contributed by atoms with E-state index < -0.39 is 0 Å². The number of nitrogens with one attached hydrogen (secondary N) is 2. The molecule has 0 amide bonds. The van der Waals surface area contributed by atoms with E-state index in [0.29, 0.717) is 18.1 Å². The summed E-state index contributed by atoms with van der Waals surface area (Å²) in [7, 11) is 0. The molecule has 6 heteroatoms. The van der Waals surface area contributed by atoms with Crippen molar-refractivity contribution in [1.82, 2.24) is 9.97 Å². The van der Waals surface area contributed by atoms with E-state index in [2.05, 4.69) is 41.5 Å². The molecule has 0 saturated carbocycles. The Morgan fingerprint density at radius 3 is 2.26 bits per heavy atom. The lowest BCUT2D eigenvalue weighted by atomic mass is 9.85. The van der Waals surface area contributed by atoms with Crippen molar-refractivity contribution in [2.75, 3.05) is 17.3 Å². The van der Waals surface area contributed by atoms with Gasteiger partial charge >= 0.3 is 0 Å². The molecule has 5 N–H and O–H groups in total. The highest BCUT2D eigenvalue weighted by Crippen LogP contribution is 2.27. The number of nitrogens with two attached hydrogens (primary N) is 1. The van der Waals surface area contributed by atoms with Crippen LogP contribution in [0.1, 0.15) is 38.6 Å². The van der Waals surface area contributed by atoms with Crippen molar-refractivity contribution in [3.63, 3.8) is 0 Å². The Morgan fingerprint density at radius 2 is 1.79 bits per heavy atom. The molecule has 1 rings (SSSR count). The van der Waals surface area contributed by atoms with E-state index >= 15 is 0 Å². The lowest BCUT2D eigenvalue weighted by Gasteiger charge is -2.32. The van der Waals surface area contributed by atoms with E-state index in [9.17, 15) is 5.11 Å². The van der Waals surface area contributed by atoms with Crippen molar-refractivity contribution >= 4 is 11.6 Å². The van der Waals surface area contributed by atoms with Crippen LogP contribution in [0.4, 0.5) is 11.6 Å². The van der Waals surface area contributed by atoms with Crippen molar-refractivity contribution in [3.05, 3.63) is 11.4 Å². The van der Waals surface area contributed by atoms with Gasteiger partial charge in [-0.2, -0.15) is 0 Å². The maximum atomic E-state index is 9.20. The highest BCUT2D eigenvalue weighted by molar-refractivity contribution is 5.57. The van der Waals surface area contributed by atoms with Crippen LogP contribution in [0.2, 0.25) is 0 Å². The summed E-state index contributed by atoms with van der Waals surface area (Å²) in [6, 6.07) is 0.121. The van der Waals surface area contributed by atoms with Gasteiger partial charge in [0.15, 0.2) is 0 Å².